The molecule has 1 aliphatic rings. The molecule has 0 bridgehead atoms. The third-order valence-electron chi connectivity index (χ3n) is 2.36. The molecule has 4 heteroatoms. The summed E-state index contributed by atoms with van der Waals surface area (Å²) in [5, 5.41) is 6.68. The van der Waals surface area contributed by atoms with Crippen LogP contribution in [0.2, 0.25) is 0 Å². The van der Waals surface area contributed by atoms with Gasteiger partial charge in [0.25, 0.3) is 0 Å². The van der Waals surface area contributed by atoms with Gasteiger partial charge in [-0.3, -0.25) is 4.99 Å². The topological polar surface area (TPSA) is 39.7 Å². The van der Waals surface area contributed by atoms with Crippen LogP contribution in [-0.4, -0.2) is 50.6 Å². The van der Waals surface area contributed by atoms with E-state index in [2.05, 4.69) is 48.5 Å². The molecule has 0 amide bonds. The van der Waals surface area contributed by atoms with Crippen LogP contribution in [0.5, 0.6) is 0 Å². The summed E-state index contributed by atoms with van der Waals surface area (Å²) in [5.74, 6) is 1.58. The van der Waals surface area contributed by atoms with Gasteiger partial charge in [-0.25, -0.2) is 0 Å². The molecule has 2 N–H and O–H groups in total. The third-order valence-corrected chi connectivity index (χ3v) is 2.36. The van der Waals surface area contributed by atoms with E-state index >= 15 is 0 Å². The van der Waals surface area contributed by atoms with Crippen molar-refractivity contribution in [3.05, 3.63) is 0 Å². The number of hydrogen-bond donors (Lipinski definition) is 2. The summed E-state index contributed by atoms with van der Waals surface area (Å²) in [6.45, 7) is 7.37. The van der Waals surface area contributed by atoms with Gasteiger partial charge >= 0.3 is 0 Å². The second kappa shape index (κ2) is 5.20. The van der Waals surface area contributed by atoms with E-state index in [9.17, 15) is 0 Å². The molecular weight excluding hydrogens is 176 g/mol. The van der Waals surface area contributed by atoms with Gasteiger partial charge < -0.3 is 15.5 Å². The predicted octanol–water partition coefficient (Wildman–Crippen LogP) is 0.121. The molecule has 0 saturated heterocycles. The van der Waals surface area contributed by atoms with Gasteiger partial charge in [0.1, 0.15) is 0 Å². The Morgan fingerprint density at radius 1 is 1.50 bits per heavy atom. The van der Waals surface area contributed by atoms with Crippen molar-refractivity contribution < 1.29 is 0 Å². The normalized spacial score (nSPS) is 18.3. The van der Waals surface area contributed by atoms with Gasteiger partial charge in [0.05, 0.1) is 6.54 Å². The maximum absolute atomic E-state index is 4.34. The van der Waals surface area contributed by atoms with Crippen molar-refractivity contribution in [2.75, 3.05) is 33.7 Å². The van der Waals surface area contributed by atoms with Gasteiger partial charge in [0.15, 0.2) is 5.96 Å². The number of likely N-dealkylation sites (N-methyl/N-ethyl adjacent to an activating group) is 1. The van der Waals surface area contributed by atoms with Crippen LogP contribution in [-0.2, 0) is 0 Å². The van der Waals surface area contributed by atoms with E-state index in [1.54, 1.807) is 0 Å². The van der Waals surface area contributed by atoms with Crippen LogP contribution in [0.25, 0.3) is 0 Å². The van der Waals surface area contributed by atoms with Crippen LogP contribution in [0.3, 0.4) is 0 Å². The highest BCUT2D eigenvalue weighted by Gasteiger charge is 2.16. The van der Waals surface area contributed by atoms with E-state index in [1.165, 1.54) is 0 Å². The summed E-state index contributed by atoms with van der Waals surface area (Å²) in [6.07, 6.45) is 0. The largest absolute Gasteiger partial charge is 0.355 e. The minimum Gasteiger partial charge on any atom is -0.355 e. The molecule has 1 aliphatic heterocycles. The Kier molecular flexibility index (Phi) is 4.20. The van der Waals surface area contributed by atoms with Crippen molar-refractivity contribution in [2.45, 2.75) is 19.9 Å². The molecule has 0 aromatic carbocycles. The van der Waals surface area contributed by atoms with Crippen molar-refractivity contribution in [2.24, 2.45) is 10.9 Å². The van der Waals surface area contributed by atoms with Crippen molar-refractivity contribution in [1.29, 1.82) is 0 Å². The molecule has 0 spiro atoms. The maximum atomic E-state index is 4.34. The summed E-state index contributed by atoms with van der Waals surface area (Å²) in [5.41, 5.74) is 0. The molecule has 0 fully saturated rings. The Bertz CT molecular complexity index is 198. The zero-order valence-electron chi connectivity index (χ0n) is 9.67. The molecule has 0 saturated carbocycles. The molecule has 1 rings (SSSR count). The summed E-state index contributed by atoms with van der Waals surface area (Å²) >= 11 is 0. The molecule has 14 heavy (non-hydrogen) atoms. The number of aliphatic imine (C=N–C) groups is 1. The van der Waals surface area contributed by atoms with Gasteiger partial charge in [-0.2, -0.15) is 0 Å². The van der Waals surface area contributed by atoms with E-state index < -0.39 is 0 Å². The van der Waals surface area contributed by atoms with Crippen molar-refractivity contribution in [1.82, 2.24) is 15.5 Å². The smallest absolute Gasteiger partial charge is 0.191 e. The number of rotatable bonds is 4. The lowest BCUT2D eigenvalue weighted by Crippen LogP contribution is -2.48. The Labute approximate surface area is 86.8 Å². The SMILES string of the molecule is CC(C)C(CN(C)C)NC1=NCCN1. The fraction of sp³-hybridized carbons (Fsp3) is 0.900. The molecule has 0 aromatic heterocycles. The van der Waals surface area contributed by atoms with Crippen LogP contribution in [0.1, 0.15) is 13.8 Å². The van der Waals surface area contributed by atoms with Crippen LogP contribution in [0, 0.1) is 5.92 Å². The third kappa shape index (κ3) is 3.54. The highest BCUT2D eigenvalue weighted by atomic mass is 15.2. The van der Waals surface area contributed by atoms with Crippen LogP contribution in [0.15, 0.2) is 4.99 Å². The lowest BCUT2D eigenvalue weighted by molar-refractivity contribution is 0.312. The van der Waals surface area contributed by atoms with Gasteiger partial charge in [0.2, 0.25) is 0 Å². The molecular formula is C10H22N4. The molecule has 0 aromatic rings. The number of nitrogens with one attached hydrogen (secondary N) is 2. The molecule has 1 unspecified atom stereocenters. The van der Waals surface area contributed by atoms with E-state index in [-0.39, 0.29) is 0 Å². The summed E-state index contributed by atoms with van der Waals surface area (Å²) < 4.78 is 0. The van der Waals surface area contributed by atoms with E-state index in [4.69, 9.17) is 0 Å². The number of hydrogen-bond acceptors (Lipinski definition) is 4. The van der Waals surface area contributed by atoms with Crippen LogP contribution >= 0.6 is 0 Å². The number of guanidine groups is 1. The Balaban J connectivity index is 2.42. The fourth-order valence-corrected chi connectivity index (χ4v) is 1.49. The van der Waals surface area contributed by atoms with Crippen LogP contribution in [0.4, 0.5) is 0 Å². The van der Waals surface area contributed by atoms with Crippen molar-refractivity contribution in [3.63, 3.8) is 0 Å². The Hall–Kier alpha value is -0.770. The highest BCUT2D eigenvalue weighted by Crippen LogP contribution is 2.02. The first-order valence-electron chi connectivity index (χ1n) is 5.29. The zero-order valence-corrected chi connectivity index (χ0v) is 9.67. The lowest BCUT2D eigenvalue weighted by Gasteiger charge is -2.26. The van der Waals surface area contributed by atoms with Gasteiger partial charge in [-0.05, 0) is 20.0 Å². The average Bonchev–Trinajstić information content (AvgIpc) is 2.54. The summed E-state index contributed by atoms with van der Waals surface area (Å²) in [7, 11) is 4.20. The first-order valence-corrected chi connectivity index (χ1v) is 5.29. The highest BCUT2D eigenvalue weighted by molar-refractivity contribution is 5.81. The van der Waals surface area contributed by atoms with E-state index in [0.29, 0.717) is 12.0 Å². The summed E-state index contributed by atoms with van der Waals surface area (Å²) in [4.78, 5) is 6.54. The second-order valence-corrected chi connectivity index (χ2v) is 4.41. The first-order chi connectivity index (χ1) is 6.59. The fourth-order valence-electron chi connectivity index (χ4n) is 1.49. The molecule has 0 aliphatic carbocycles. The van der Waals surface area contributed by atoms with Gasteiger partial charge in [-0.1, -0.05) is 13.8 Å². The first kappa shape index (κ1) is 11.3. The van der Waals surface area contributed by atoms with Crippen molar-refractivity contribution >= 4 is 5.96 Å². The molecule has 1 atom stereocenters. The lowest BCUT2D eigenvalue weighted by atomic mass is 10.0. The van der Waals surface area contributed by atoms with E-state index in [1.807, 2.05) is 0 Å². The quantitative estimate of drug-likeness (QED) is 0.674. The van der Waals surface area contributed by atoms with Crippen molar-refractivity contribution in [3.8, 4) is 0 Å². The maximum Gasteiger partial charge on any atom is 0.191 e. The predicted molar refractivity (Wildman–Crippen MR) is 60.6 cm³/mol. The minimum absolute atomic E-state index is 0.467. The summed E-state index contributed by atoms with van der Waals surface area (Å²) in [6, 6.07) is 0.467. The monoisotopic (exact) mass is 198 g/mol. The number of nitrogens with zero attached hydrogens (tertiary/aromatic N) is 2. The van der Waals surface area contributed by atoms with Gasteiger partial charge in [-0.15, -0.1) is 0 Å². The molecule has 1 heterocycles. The Morgan fingerprint density at radius 2 is 2.21 bits per heavy atom. The molecule has 4 nitrogen and oxygen atoms in total. The standard InChI is InChI=1S/C10H22N4/c1-8(2)9(7-14(3)4)13-10-11-5-6-12-10/h8-9H,5-7H2,1-4H3,(H2,11,12,13). The van der Waals surface area contributed by atoms with Gasteiger partial charge in [0, 0.05) is 19.1 Å². The second-order valence-electron chi connectivity index (χ2n) is 4.41. The molecule has 82 valence electrons. The zero-order chi connectivity index (χ0) is 10.6. The van der Waals surface area contributed by atoms with Crippen LogP contribution < -0.4 is 10.6 Å². The van der Waals surface area contributed by atoms with E-state index in [0.717, 1.165) is 25.6 Å². The minimum atomic E-state index is 0.467. The average molecular weight is 198 g/mol. The Morgan fingerprint density at radius 3 is 2.64 bits per heavy atom. The molecule has 0 radical (unpaired) electrons.